The number of anilines is 1. The minimum absolute atomic E-state index is 0.112. The minimum atomic E-state index is -0.837. The van der Waals surface area contributed by atoms with Crippen molar-refractivity contribution >= 4 is 23.2 Å². The highest BCUT2D eigenvalue weighted by Gasteiger charge is 2.12. The molecule has 4 nitrogen and oxygen atoms in total. The van der Waals surface area contributed by atoms with Gasteiger partial charge in [-0.2, -0.15) is 0 Å². The molecule has 0 saturated carbocycles. The zero-order chi connectivity index (χ0) is 16.8. The second kappa shape index (κ2) is 7.78. The van der Waals surface area contributed by atoms with E-state index in [1.54, 1.807) is 24.3 Å². The number of carbonyl (C=O) groups is 1. The molecule has 2 aromatic carbocycles. The molecule has 0 heterocycles. The van der Waals surface area contributed by atoms with Gasteiger partial charge in [0.15, 0.2) is 17.4 Å². The molecular weight excluding hydrogens is 326 g/mol. The van der Waals surface area contributed by atoms with E-state index in [-0.39, 0.29) is 18.1 Å². The minimum Gasteiger partial charge on any atom is -0.491 e. The average molecular weight is 341 g/mol. The fraction of sp³-hybridized carbons (Fsp3) is 0.188. The Labute approximate surface area is 137 Å². The molecule has 2 rings (SSSR count). The van der Waals surface area contributed by atoms with Crippen molar-refractivity contribution in [2.75, 3.05) is 19.0 Å². The predicted octanol–water partition coefficient (Wildman–Crippen LogP) is 3.36. The first-order chi connectivity index (χ1) is 11.0. The smallest absolute Gasteiger partial charge is 0.239 e. The number of nitrogens with one attached hydrogen (secondary N) is 2. The Kier molecular flexibility index (Phi) is 5.76. The maximum absolute atomic E-state index is 13.5. The van der Waals surface area contributed by atoms with Gasteiger partial charge in [-0.05, 0) is 17.7 Å². The van der Waals surface area contributed by atoms with Crippen molar-refractivity contribution in [1.29, 1.82) is 0 Å². The van der Waals surface area contributed by atoms with Gasteiger partial charge >= 0.3 is 0 Å². The van der Waals surface area contributed by atoms with Gasteiger partial charge in [-0.3, -0.25) is 4.79 Å². The third kappa shape index (κ3) is 4.82. The maximum Gasteiger partial charge on any atom is 0.239 e. The van der Waals surface area contributed by atoms with Crippen LogP contribution in [-0.4, -0.2) is 19.6 Å². The van der Waals surface area contributed by atoms with Crippen LogP contribution < -0.4 is 15.4 Å². The molecule has 0 aliphatic heterocycles. The van der Waals surface area contributed by atoms with Crippen LogP contribution in [0.2, 0.25) is 5.02 Å². The van der Waals surface area contributed by atoms with E-state index in [9.17, 15) is 13.6 Å². The number of carbonyl (C=O) groups excluding carboxylic acids is 1. The molecule has 0 atom stereocenters. The Morgan fingerprint density at radius 2 is 1.78 bits per heavy atom. The van der Waals surface area contributed by atoms with E-state index in [2.05, 4.69) is 15.4 Å². The Bertz CT molecular complexity index is 670. The van der Waals surface area contributed by atoms with Crippen LogP contribution in [0, 0.1) is 11.6 Å². The maximum atomic E-state index is 13.5. The summed E-state index contributed by atoms with van der Waals surface area (Å²) in [5.74, 6) is -2.44. The summed E-state index contributed by atoms with van der Waals surface area (Å²) in [5.41, 5.74) is 1.05. The number of ether oxygens (including phenoxy) is 1. The van der Waals surface area contributed by atoms with Gasteiger partial charge in [0.1, 0.15) is 0 Å². The highest BCUT2D eigenvalue weighted by molar-refractivity contribution is 6.30. The monoisotopic (exact) mass is 340 g/mol. The van der Waals surface area contributed by atoms with Gasteiger partial charge in [0.05, 0.1) is 13.7 Å². The molecule has 0 aliphatic carbocycles. The van der Waals surface area contributed by atoms with Crippen LogP contribution in [-0.2, 0) is 11.3 Å². The Morgan fingerprint density at radius 3 is 2.35 bits per heavy atom. The topological polar surface area (TPSA) is 50.4 Å². The third-order valence-electron chi connectivity index (χ3n) is 3.06. The number of methoxy groups -OCH3 is 1. The van der Waals surface area contributed by atoms with E-state index in [1.807, 2.05) is 0 Å². The zero-order valence-electron chi connectivity index (χ0n) is 12.3. The molecule has 0 fully saturated rings. The molecule has 0 saturated heterocycles. The van der Waals surface area contributed by atoms with Crippen molar-refractivity contribution in [2.45, 2.75) is 6.54 Å². The van der Waals surface area contributed by atoms with E-state index in [1.165, 1.54) is 7.11 Å². The molecule has 0 aliphatic rings. The fourth-order valence-corrected chi connectivity index (χ4v) is 2.03. The first kappa shape index (κ1) is 17.0. The van der Waals surface area contributed by atoms with Crippen LogP contribution >= 0.6 is 11.6 Å². The number of hydrogen-bond acceptors (Lipinski definition) is 3. The molecule has 0 bridgehead atoms. The lowest BCUT2D eigenvalue weighted by atomic mass is 10.2. The van der Waals surface area contributed by atoms with E-state index in [0.29, 0.717) is 11.6 Å². The lowest BCUT2D eigenvalue weighted by Gasteiger charge is -2.10. The van der Waals surface area contributed by atoms with Gasteiger partial charge in [0.2, 0.25) is 5.91 Å². The van der Waals surface area contributed by atoms with E-state index in [0.717, 1.165) is 17.7 Å². The summed E-state index contributed by atoms with van der Waals surface area (Å²) in [6, 6.07) is 9.17. The van der Waals surface area contributed by atoms with E-state index < -0.39 is 17.4 Å². The molecule has 2 N–H and O–H groups in total. The van der Waals surface area contributed by atoms with Gasteiger partial charge in [0, 0.05) is 29.4 Å². The molecule has 1 amide bonds. The SMILES string of the molecule is COc1c(F)cc(NCC(=O)NCc2ccc(Cl)cc2)cc1F. The Balaban J connectivity index is 1.86. The normalized spacial score (nSPS) is 10.3. The molecule has 0 radical (unpaired) electrons. The van der Waals surface area contributed by atoms with Crippen LogP contribution in [0.3, 0.4) is 0 Å². The molecule has 23 heavy (non-hydrogen) atoms. The van der Waals surface area contributed by atoms with Crippen molar-refractivity contribution < 1.29 is 18.3 Å². The summed E-state index contributed by atoms with van der Waals surface area (Å²) in [6.45, 7) is 0.224. The molecule has 0 unspecified atom stereocenters. The molecular formula is C16H15ClF2N2O2. The molecule has 0 aromatic heterocycles. The van der Waals surface area contributed by atoms with Gasteiger partial charge in [-0.25, -0.2) is 8.78 Å². The molecule has 7 heteroatoms. The third-order valence-corrected chi connectivity index (χ3v) is 3.31. The summed E-state index contributed by atoms with van der Waals surface area (Å²) in [7, 11) is 1.18. The fourth-order valence-electron chi connectivity index (χ4n) is 1.90. The van der Waals surface area contributed by atoms with Gasteiger partial charge in [-0.1, -0.05) is 23.7 Å². The Hall–Kier alpha value is -2.34. The van der Waals surface area contributed by atoms with Gasteiger partial charge < -0.3 is 15.4 Å². The largest absolute Gasteiger partial charge is 0.491 e. The predicted molar refractivity (Wildman–Crippen MR) is 84.7 cm³/mol. The van der Waals surface area contributed by atoms with Crippen molar-refractivity contribution in [3.63, 3.8) is 0 Å². The van der Waals surface area contributed by atoms with Crippen molar-refractivity contribution in [3.8, 4) is 5.75 Å². The van der Waals surface area contributed by atoms with Crippen LogP contribution in [0.15, 0.2) is 36.4 Å². The van der Waals surface area contributed by atoms with E-state index >= 15 is 0 Å². The summed E-state index contributed by atoms with van der Waals surface area (Å²) in [6.07, 6.45) is 0. The second-order valence-electron chi connectivity index (χ2n) is 4.73. The highest BCUT2D eigenvalue weighted by Crippen LogP contribution is 2.25. The number of hydrogen-bond donors (Lipinski definition) is 2. The zero-order valence-corrected chi connectivity index (χ0v) is 13.1. The van der Waals surface area contributed by atoms with Crippen LogP contribution in [0.25, 0.3) is 0 Å². The molecule has 0 spiro atoms. The standard InChI is InChI=1S/C16H15ClF2N2O2/c1-23-16-13(18)6-12(7-14(16)19)20-9-15(22)21-8-10-2-4-11(17)5-3-10/h2-7,20H,8-9H2,1H3,(H,21,22). The number of halogens is 3. The number of amides is 1. The van der Waals surface area contributed by atoms with Gasteiger partial charge in [0.25, 0.3) is 0 Å². The first-order valence-electron chi connectivity index (χ1n) is 6.77. The lowest BCUT2D eigenvalue weighted by molar-refractivity contribution is -0.119. The van der Waals surface area contributed by atoms with E-state index in [4.69, 9.17) is 11.6 Å². The number of rotatable bonds is 6. The summed E-state index contributed by atoms with van der Waals surface area (Å²) in [4.78, 5) is 11.7. The van der Waals surface area contributed by atoms with Crippen LogP contribution in [0.5, 0.6) is 5.75 Å². The summed E-state index contributed by atoms with van der Waals surface area (Å²) >= 11 is 5.77. The summed E-state index contributed by atoms with van der Waals surface area (Å²) in [5, 5.41) is 5.95. The van der Waals surface area contributed by atoms with Crippen molar-refractivity contribution in [2.24, 2.45) is 0 Å². The van der Waals surface area contributed by atoms with Crippen LogP contribution in [0.1, 0.15) is 5.56 Å². The number of benzene rings is 2. The van der Waals surface area contributed by atoms with Crippen LogP contribution in [0.4, 0.5) is 14.5 Å². The average Bonchev–Trinajstić information content (AvgIpc) is 2.52. The quantitative estimate of drug-likeness (QED) is 0.848. The van der Waals surface area contributed by atoms with Crippen molar-refractivity contribution in [1.82, 2.24) is 5.32 Å². The molecule has 2 aromatic rings. The summed E-state index contributed by atoms with van der Waals surface area (Å²) < 4.78 is 31.6. The highest BCUT2D eigenvalue weighted by atomic mass is 35.5. The van der Waals surface area contributed by atoms with Gasteiger partial charge in [-0.15, -0.1) is 0 Å². The lowest BCUT2D eigenvalue weighted by Crippen LogP contribution is -2.29. The second-order valence-corrected chi connectivity index (χ2v) is 5.17. The first-order valence-corrected chi connectivity index (χ1v) is 7.15. The Morgan fingerprint density at radius 1 is 1.17 bits per heavy atom. The van der Waals surface area contributed by atoms with Crippen molar-refractivity contribution in [3.05, 3.63) is 58.6 Å². The molecule has 122 valence electrons.